The third-order valence-electron chi connectivity index (χ3n) is 4.58. The monoisotopic (exact) mass is 225 g/mol. The van der Waals surface area contributed by atoms with E-state index in [1.54, 1.807) is 0 Å². The molecule has 2 saturated carbocycles. The van der Waals surface area contributed by atoms with E-state index in [9.17, 15) is 0 Å². The summed E-state index contributed by atoms with van der Waals surface area (Å²) in [5, 5.41) is 3.74. The van der Waals surface area contributed by atoms with Crippen LogP contribution in [0.5, 0.6) is 0 Å². The molecule has 2 fully saturated rings. The summed E-state index contributed by atoms with van der Waals surface area (Å²) < 4.78 is 5.94. The maximum absolute atomic E-state index is 5.94. The summed E-state index contributed by atoms with van der Waals surface area (Å²) in [4.78, 5) is 0. The Balaban J connectivity index is 1.94. The molecule has 2 atom stereocenters. The van der Waals surface area contributed by atoms with E-state index in [0.29, 0.717) is 11.5 Å². The van der Waals surface area contributed by atoms with Crippen LogP contribution in [0.2, 0.25) is 0 Å². The third-order valence-corrected chi connectivity index (χ3v) is 4.58. The lowest BCUT2D eigenvalue weighted by molar-refractivity contribution is -0.149. The Labute approximate surface area is 100 Å². The molecule has 2 heteroatoms. The lowest BCUT2D eigenvalue weighted by atomic mass is 9.55. The average molecular weight is 225 g/mol. The van der Waals surface area contributed by atoms with Crippen molar-refractivity contribution in [3.05, 3.63) is 0 Å². The molecule has 0 aromatic rings. The minimum Gasteiger partial charge on any atom is -0.378 e. The SMILES string of the molecule is CCCN[C@@H]1C[C@@H](OCC)C12CCCCC2. The second kappa shape index (κ2) is 5.50. The first-order valence-corrected chi connectivity index (χ1v) is 7.18. The van der Waals surface area contributed by atoms with Gasteiger partial charge in [-0.25, -0.2) is 0 Å². The molecule has 0 aliphatic heterocycles. The van der Waals surface area contributed by atoms with Gasteiger partial charge in [0.15, 0.2) is 0 Å². The summed E-state index contributed by atoms with van der Waals surface area (Å²) in [7, 11) is 0. The van der Waals surface area contributed by atoms with Gasteiger partial charge in [-0.15, -0.1) is 0 Å². The van der Waals surface area contributed by atoms with Crippen LogP contribution in [0, 0.1) is 5.41 Å². The van der Waals surface area contributed by atoms with E-state index in [-0.39, 0.29) is 0 Å². The topological polar surface area (TPSA) is 21.3 Å². The molecular weight excluding hydrogens is 198 g/mol. The van der Waals surface area contributed by atoms with Crippen LogP contribution in [-0.2, 0) is 4.74 Å². The summed E-state index contributed by atoms with van der Waals surface area (Å²) in [5.74, 6) is 0. The van der Waals surface area contributed by atoms with Crippen molar-refractivity contribution in [1.29, 1.82) is 0 Å². The minimum atomic E-state index is 0.503. The third kappa shape index (κ3) is 2.14. The number of ether oxygens (including phenoxy) is 1. The predicted octanol–water partition coefficient (Wildman–Crippen LogP) is 3.11. The van der Waals surface area contributed by atoms with E-state index >= 15 is 0 Å². The van der Waals surface area contributed by atoms with E-state index in [2.05, 4.69) is 19.2 Å². The molecule has 1 N–H and O–H groups in total. The van der Waals surface area contributed by atoms with Crippen molar-refractivity contribution in [1.82, 2.24) is 5.32 Å². The van der Waals surface area contributed by atoms with Gasteiger partial charge in [0.25, 0.3) is 0 Å². The van der Waals surface area contributed by atoms with Gasteiger partial charge in [0.2, 0.25) is 0 Å². The van der Waals surface area contributed by atoms with Gasteiger partial charge in [-0.1, -0.05) is 26.2 Å². The minimum absolute atomic E-state index is 0.503. The van der Waals surface area contributed by atoms with Gasteiger partial charge >= 0.3 is 0 Å². The molecule has 2 aliphatic rings. The highest BCUT2D eigenvalue weighted by Gasteiger charge is 2.55. The highest BCUT2D eigenvalue weighted by atomic mass is 16.5. The van der Waals surface area contributed by atoms with Crippen LogP contribution in [0.4, 0.5) is 0 Å². The summed E-state index contributed by atoms with van der Waals surface area (Å²) in [6.45, 7) is 6.43. The normalized spacial score (nSPS) is 32.6. The predicted molar refractivity (Wildman–Crippen MR) is 67.6 cm³/mol. The highest BCUT2D eigenvalue weighted by molar-refractivity contribution is 5.08. The zero-order valence-corrected chi connectivity index (χ0v) is 10.9. The van der Waals surface area contributed by atoms with Gasteiger partial charge in [-0.3, -0.25) is 0 Å². The fraction of sp³-hybridized carbons (Fsp3) is 1.00. The number of nitrogens with one attached hydrogen (secondary N) is 1. The Morgan fingerprint density at radius 1 is 1.19 bits per heavy atom. The Kier molecular flexibility index (Phi) is 4.26. The van der Waals surface area contributed by atoms with E-state index in [4.69, 9.17) is 4.74 Å². The Hall–Kier alpha value is -0.0800. The summed E-state index contributed by atoms with van der Waals surface area (Å²) in [6, 6.07) is 0.740. The lowest BCUT2D eigenvalue weighted by Gasteiger charge is -2.58. The molecule has 2 nitrogen and oxygen atoms in total. The number of hydrogen-bond acceptors (Lipinski definition) is 2. The van der Waals surface area contributed by atoms with Crippen molar-refractivity contribution in [3.8, 4) is 0 Å². The average Bonchev–Trinajstić information content (AvgIpc) is 2.34. The molecule has 16 heavy (non-hydrogen) atoms. The zero-order valence-electron chi connectivity index (χ0n) is 10.9. The van der Waals surface area contributed by atoms with Crippen LogP contribution >= 0.6 is 0 Å². The molecule has 1 spiro atoms. The molecule has 0 aromatic carbocycles. The van der Waals surface area contributed by atoms with E-state index < -0.39 is 0 Å². The van der Waals surface area contributed by atoms with Gasteiger partial charge in [0, 0.05) is 18.1 Å². The van der Waals surface area contributed by atoms with Crippen LogP contribution in [-0.4, -0.2) is 25.3 Å². The quantitative estimate of drug-likeness (QED) is 0.776. The molecule has 2 aliphatic carbocycles. The van der Waals surface area contributed by atoms with E-state index in [1.807, 2.05) is 0 Å². The molecule has 0 unspecified atom stereocenters. The molecule has 0 saturated heterocycles. The van der Waals surface area contributed by atoms with Gasteiger partial charge in [0.05, 0.1) is 6.10 Å². The first-order chi connectivity index (χ1) is 7.83. The van der Waals surface area contributed by atoms with E-state index in [1.165, 1.54) is 51.5 Å². The summed E-state index contributed by atoms with van der Waals surface area (Å²) in [6.07, 6.45) is 10.1. The molecule has 94 valence electrons. The summed E-state index contributed by atoms with van der Waals surface area (Å²) in [5.41, 5.74) is 0.503. The van der Waals surface area contributed by atoms with Gasteiger partial charge < -0.3 is 10.1 Å². The Morgan fingerprint density at radius 3 is 2.56 bits per heavy atom. The van der Waals surface area contributed by atoms with Crippen molar-refractivity contribution in [2.75, 3.05) is 13.2 Å². The molecule has 2 rings (SSSR count). The zero-order chi connectivity index (χ0) is 11.4. The Morgan fingerprint density at radius 2 is 1.94 bits per heavy atom. The fourth-order valence-electron chi connectivity index (χ4n) is 3.67. The van der Waals surface area contributed by atoms with Crippen LogP contribution < -0.4 is 5.32 Å². The first kappa shape index (κ1) is 12.4. The van der Waals surface area contributed by atoms with Crippen molar-refractivity contribution >= 4 is 0 Å². The molecular formula is C14H27NO. The maximum Gasteiger partial charge on any atom is 0.0661 e. The van der Waals surface area contributed by atoms with Gasteiger partial charge in [-0.2, -0.15) is 0 Å². The standard InChI is InChI=1S/C14H27NO/c1-3-10-15-12-11-13(16-4-2)14(12)8-6-5-7-9-14/h12-13,15H,3-11H2,1-2H3/t12-,13-/m1/s1. The van der Waals surface area contributed by atoms with Crippen LogP contribution in [0.25, 0.3) is 0 Å². The maximum atomic E-state index is 5.94. The molecule has 0 bridgehead atoms. The molecule has 0 amide bonds. The largest absolute Gasteiger partial charge is 0.378 e. The molecule has 0 radical (unpaired) electrons. The number of rotatable bonds is 5. The van der Waals surface area contributed by atoms with Gasteiger partial charge in [-0.05, 0) is 39.2 Å². The van der Waals surface area contributed by atoms with Crippen LogP contribution in [0.15, 0.2) is 0 Å². The van der Waals surface area contributed by atoms with Crippen molar-refractivity contribution in [3.63, 3.8) is 0 Å². The van der Waals surface area contributed by atoms with Crippen molar-refractivity contribution < 1.29 is 4.74 Å². The first-order valence-electron chi connectivity index (χ1n) is 7.18. The second-order valence-electron chi connectivity index (χ2n) is 5.48. The fourth-order valence-corrected chi connectivity index (χ4v) is 3.67. The van der Waals surface area contributed by atoms with Crippen LogP contribution in [0.1, 0.15) is 58.8 Å². The smallest absolute Gasteiger partial charge is 0.0661 e. The molecule has 0 aromatic heterocycles. The second-order valence-corrected chi connectivity index (χ2v) is 5.48. The van der Waals surface area contributed by atoms with Crippen LogP contribution in [0.3, 0.4) is 0 Å². The molecule has 0 heterocycles. The Bertz CT molecular complexity index is 211. The van der Waals surface area contributed by atoms with Crippen molar-refractivity contribution in [2.45, 2.75) is 70.9 Å². The highest BCUT2D eigenvalue weighted by Crippen LogP contribution is 2.53. The van der Waals surface area contributed by atoms with Gasteiger partial charge in [0.1, 0.15) is 0 Å². The van der Waals surface area contributed by atoms with Crippen molar-refractivity contribution in [2.24, 2.45) is 5.41 Å². The lowest BCUT2D eigenvalue weighted by Crippen LogP contribution is -2.64. The van der Waals surface area contributed by atoms with E-state index in [0.717, 1.165) is 12.6 Å². The number of hydrogen-bond donors (Lipinski definition) is 1. The summed E-state index contributed by atoms with van der Waals surface area (Å²) >= 11 is 0.